The van der Waals surface area contributed by atoms with Crippen LogP contribution in [0.1, 0.15) is 29.5 Å². The fourth-order valence-corrected chi connectivity index (χ4v) is 2.35. The summed E-state index contributed by atoms with van der Waals surface area (Å²) in [6.07, 6.45) is 2.44. The average Bonchev–Trinajstić information content (AvgIpc) is 3.13. The van der Waals surface area contributed by atoms with E-state index in [9.17, 15) is 9.59 Å². The molecule has 114 valence electrons. The van der Waals surface area contributed by atoms with Crippen molar-refractivity contribution in [3.8, 4) is 0 Å². The van der Waals surface area contributed by atoms with E-state index in [1.165, 1.54) is 0 Å². The molecule has 2 aromatic heterocycles. The molecule has 3 aromatic rings. The first-order valence-corrected chi connectivity index (χ1v) is 7.22. The molecule has 0 aliphatic heterocycles. The number of nitrogens with one attached hydrogen (secondary N) is 2. The SMILES string of the molecule is CCCNC(=O)c1ccc2[nH]c(=O)n(Cc3ccco3)c2c1. The van der Waals surface area contributed by atoms with Crippen molar-refractivity contribution in [2.75, 3.05) is 6.54 Å². The highest BCUT2D eigenvalue weighted by atomic mass is 16.3. The zero-order valence-electron chi connectivity index (χ0n) is 12.3. The third kappa shape index (κ3) is 2.67. The summed E-state index contributed by atoms with van der Waals surface area (Å²) in [6.45, 7) is 2.95. The topological polar surface area (TPSA) is 80.0 Å². The second-order valence-corrected chi connectivity index (χ2v) is 5.08. The highest BCUT2D eigenvalue weighted by Gasteiger charge is 2.12. The standard InChI is InChI=1S/C16H17N3O3/c1-2-7-17-15(20)11-5-6-13-14(9-11)19(16(21)18-13)10-12-4-3-8-22-12/h3-6,8-9H,2,7,10H2,1H3,(H,17,20)(H,18,21). The Morgan fingerprint density at radius 2 is 2.23 bits per heavy atom. The maximum absolute atomic E-state index is 12.1. The predicted octanol–water partition coefficient (Wildman–Crippen LogP) is 2.11. The highest BCUT2D eigenvalue weighted by molar-refractivity contribution is 5.97. The number of hydrogen-bond acceptors (Lipinski definition) is 3. The van der Waals surface area contributed by atoms with E-state index in [2.05, 4.69) is 10.3 Å². The summed E-state index contributed by atoms with van der Waals surface area (Å²) >= 11 is 0. The van der Waals surface area contributed by atoms with Crippen LogP contribution in [0.25, 0.3) is 11.0 Å². The Morgan fingerprint density at radius 1 is 1.36 bits per heavy atom. The molecule has 0 saturated heterocycles. The zero-order valence-corrected chi connectivity index (χ0v) is 12.3. The van der Waals surface area contributed by atoms with Crippen LogP contribution in [0.3, 0.4) is 0 Å². The number of benzene rings is 1. The molecule has 0 saturated carbocycles. The number of amides is 1. The van der Waals surface area contributed by atoms with Crippen molar-refractivity contribution in [1.82, 2.24) is 14.9 Å². The number of imidazole rings is 1. The maximum atomic E-state index is 12.1. The number of carbonyl (C=O) groups is 1. The van der Waals surface area contributed by atoms with E-state index in [1.807, 2.05) is 13.0 Å². The van der Waals surface area contributed by atoms with Crippen molar-refractivity contribution in [1.29, 1.82) is 0 Å². The average molecular weight is 299 g/mol. The van der Waals surface area contributed by atoms with Crippen LogP contribution in [0.2, 0.25) is 0 Å². The van der Waals surface area contributed by atoms with Crippen LogP contribution in [0.4, 0.5) is 0 Å². The van der Waals surface area contributed by atoms with Gasteiger partial charge in [-0.1, -0.05) is 6.92 Å². The number of carbonyl (C=O) groups excluding carboxylic acids is 1. The van der Waals surface area contributed by atoms with Gasteiger partial charge in [-0.15, -0.1) is 0 Å². The molecule has 0 radical (unpaired) electrons. The van der Waals surface area contributed by atoms with Crippen molar-refractivity contribution in [3.63, 3.8) is 0 Å². The lowest BCUT2D eigenvalue weighted by Crippen LogP contribution is -2.24. The van der Waals surface area contributed by atoms with E-state index in [0.717, 1.165) is 6.42 Å². The summed E-state index contributed by atoms with van der Waals surface area (Å²) in [5.74, 6) is 0.547. The fourth-order valence-electron chi connectivity index (χ4n) is 2.35. The third-order valence-corrected chi connectivity index (χ3v) is 3.47. The number of rotatable bonds is 5. The quantitative estimate of drug-likeness (QED) is 0.757. The molecular weight excluding hydrogens is 282 g/mol. The van der Waals surface area contributed by atoms with E-state index in [1.54, 1.807) is 35.1 Å². The van der Waals surface area contributed by atoms with E-state index in [0.29, 0.717) is 35.4 Å². The Morgan fingerprint density at radius 3 is 2.95 bits per heavy atom. The van der Waals surface area contributed by atoms with Crippen molar-refractivity contribution in [2.45, 2.75) is 19.9 Å². The normalized spacial score (nSPS) is 11.0. The van der Waals surface area contributed by atoms with Crippen LogP contribution in [0.5, 0.6) is 0 Å². The van der Waals surface area contributed by atoms with Crippen molar-refractivity contribution < 1.29 is 9.21 Å². The van der Waals surface area contributed by atoms with Crippen LogP contribution in [0, 0.1) is 0 Å². The summed E-state index contributed by atoms with van der Waals surface area (Å²) in [6, 6.07) is 8.76. The van der Waals surface area contributed by atoms with Gasteiger partial charge < -0.3 is 14.7 Å². The monoisotopic (exact) mass is 299 g/mol. The lowest BCUT2D eigenvalue weighted by atomic mass is 10.2. The number of nitrogens with zero attached hydrogens (tertiary/aromatic N) is 1. The lowest BCUT2D eigenvalue weighted by Gasteiger charge is -2.05. The second-order valence-electron chi connectivity index (χ2n) is 5.08. The van der Waals surface area contributed by atoms with Gasteiger partial charge >= 0.3 is 5.69 Å². The maximum Gasteiger partial charge on any atom is 0.326 e. The summed E-state index contributed by atoms with van der Waals surface area (Å²) in [4.78, 5) is 26.9. The first kappa shape index (κ1) is 14.2. The zero-order chi connectivity index (χ0) is 15.5. The molecule has 1 amide bonds. The molecule has 22 heavy (non-hydrogen) atoms. The van der Waals surface area contributed by atoms with Crippen LogP contribution < -0.4 is 11.0 Å². The van der Waals surface area contributed by atoms with Gasteiger partial charge in [0.2, 0.25) is 0 Å². The number of H-pyrrole nitrogens is 1. The summed E-state index contributed by atoms with van der Waals surface area (Å²) in [7, 11) is 0. The minimum absolute atomic E-state index is 0.137. The number of aromatic nitrogens is 2. The molecule has 0 bridgehead atoms. The van der Waals surface area contributed by atoms with Crippen LogP contribution >= 0.6 is 0 Å². The second kappa shape index (κ2) is 5.93. The van der Waals surface area contributed by atoms with Gasteiger partial charge in [0.15, 0.2) is 0 Å². The number of furan rings is 1. The van der Waals surface area contributed by atoms with Gasteiger partial charge in [-0.25, -0.2) is 4.79 Å². The molecule has 6 heteroatoms. The van der Waals surface area contributed by atoms with E-state index in [-0.39, 0.29) is 11.6 Å². The predicted molar refractivity (Wildman–Crippen MR) is 83.0 cm³/mol. The molecule has 0 atom stereocenters. The lowest BCUT2D eigenvalue weighted by molar-refractivity contribution is 0.0954. The fraction of sp³-hybridized carbons (Fsp3) is 0.250. The van der Waals surface area contributed by atoms with E-state index >= 15 is 0 Å². The van der Waals surface area contributed by atoms with Crippen LogP contribution in [-0.4, -0.2) is 22.0 Å². The molecule has 0 aliphatic rings. The van der Waals surface area contributed by atoms with Gasteiger partial charge in [-0.05, 0) is 36.8 Å². The summed E-state index contributed by atoms with van der Waals surface area (Å²) < 4.78 is 6.85. The Balaban J connectivity index is 1.99. The molecule has 0 spiro atoms. The molecule has 0 unspecified atom stereocenters. The van der Waals surface area contributed by atoms with Crippen molar-refractivity contribution >= 4 is 16.9 Å². The molecule has 0 fully saturated rings. The van der Waals surface area contributed by atoms with Crippen molar-refractivity contribution in [3.05, 3.63) is 58.4 Å². The van der Waals surface area contributed by atoms with E-state index < -0.39 is 0 Å². The molecular formula is C16H17N3O3. The molecule has 0 aliphatic carbocycles. The largest absolute Gasteiger partial charge is 0.467 e. The Kier molecular flexibility index (Phi) is 3.82. The molecule has 6 nitrogen and oxygen atoms in total. The van der Waals surface area contributed by atoms with Gasteiger partial charge in [0.25, 0.3) is 5.91 Å². The third-order valence-electron chi connectivity index (χ3n) is 3.47. The minimum Gasteiger partial charge on any atom is -0.467 e. The molecule has 2 N–H and O–H groups in total. The first-order chi connectivity index (χ1) is 10.7. The van der Waals surface area contributed by atoms with Gasteiger partial charge in [-0.3, -0.25) is 9.36 Å². The summed E-state index contributed by atoms with van der Waals surface area (Å²) in [5, 5.41) is 2.83. The number of aromatic amines is 1. The van der Waals surface area contributed by atoms with Crippen LogP contribution in [0.15, 0.2) is 45.8 Å². The minimum atomic E-state index is -0.225. The smallest absolute Gasteiger partial charge is 0.326 e. The van der Waals surface area contributed by atoms with Crippen LogP contribution in [-0.2, 0) is 6.54 Å². The highest BCUT2D eigenvalue weighted by Crippen LogP contribution is 2.15. The number of fused-ring (bicyclic) bond motifs is 1. The Labute approximate surface area is 126 Å². The molecule has 2 heterocycles. The van der Waals surface area contributed by atoms with Gasteiger partial charge in [0, 0.05) is 12.1 Å². The first-order valence-electron chi connectivity index (χ1n) is 7.22. The van der Waals surface area contributed by atoms with Gasteiger partial charge in [0.05, 0.1) is 23.8 Å². The van der Waals surface area contributed by atoms with E-state index in [4.69, 9.17) is 4.42 Å². The van der Waals surface area contributed by atoms with Gasteiger partial charge in [0.1, 0.15) is 5.76 Å². The van der Waals surface area contributed by atoms with Gasteiger partial charge in [-0.2, -0.15) is 0 Å². The summed E-state index contributed by atoms with van der Waals surface area (Å²) in [5.41, 5.74) is 1.69. The van der Waals surface area contributed by atoms with Crippen molar-refractivity contribution in [2.24, 2.45) is 0 Å². The Bertz CT molecular complexity index is 843. The molecule has 3 rings (SSSR count). The molecule has 1 aromatic carbocycles. The number of hydrogen-bond donors (Lipinski definition) is 2. The Hall–Kier alpha value is -2.76.